The molecule has 0 radical (unpaired) electrons. The summed E-state index contributed by atoms with van der Waals surface area (Å²) in [6, 6.07) is 1.14. The standard InChI is InChI=1S/C13H21N2O9P/c1-3-20-25(19,21-4-2)23-10-8(7-16)22-12(11(10)24-25)15-6-5-9(17)14-13(15)18/h5-6,8,10-12,16,19H,3-4,7H2,1-2H3,(H,14,17,18)/t8-,10-,11-,12-/m1/s1. The van der Waals surface area contributed by atoms with Crippen LogP contribution in [0.25, 0.3) is 0 Å². The fourth-order valence-corrected chi connectivity index (χ4v) is 5.49. The van der Waals surface area contributed by atoms with Gasteiger partial charge in [-0.1, -0.05) is 0 Å². The molecular weight excluding hydrogens is 359 g/mol. The van der Waals surface area contributed by atoms with Gasteiger partial charge in [0.05, 0.1) is 0 Å². The number of fused-ring (bicyclic) bond motifs is 1. The number of aliphatic hydroxyl groups excluding tert-OH is 1. The van der Waals surface area contributed by atoms with Gasteiger partial charge in [-0.05, 0) is 0 Å². The van der Waals surface area contributed by atoms with Crippen LogP contribution in [0.5, 0.6) is 0 Å². The summed E-state index contributed by atoms with van der Waals surface area (Å²) < 4.78 is 28.6. The average molecular weight is 380 g/mol. The molecule has 3 heterocycles. The topological polar surface area (TPSA) is 141 Å². The monoisotopic (exact) mass is 380 g/mol. The van der Waals surface area contributed by atoms with Crippen molar-refractivity contribution in [3.8, 4) is 0 Å². The molecule has 2 saturated heterocycles. The normalized spacial score (nSPS) is 34.3. The van der Waals surface area contributed by atoms with Crippen LogP contribution >= 0.6 is 7.74 Å². The van der Waals surface area contributed by atoms with E-state index in [0.29, 0.717) is 0 Å². The first-order valence-electron chi connectivity index (χ1n) is 7.86. The number of aliphatic hydroxyl groups is 1. The predicted octanol–water partition coefficient (Wildman–Crippen LogP) is -0.596. The van der Waals surface area contributed by atoms with Gasteiger partial charge in [0.2, 0.25) is 0 Å². The van der Waals surface area contributed by atoms with Gasteiger partial charge in [-0.2, -0.15) is 0 Å². The Morgan fingerprint density at radius 2 is 1.88 bits per heavy atom. The molecule has 25 heavy (non-hydrogen) atoms. The van der Waals surface area contributed by atoms with Crippen molar-refractivity contribution in [2.24, 2.45) is 0 Å². The van der Waals surface area contributed by atoms with E-state index in [0.717, 1.165) is 10.6 Å². The van der Waals surface area contributed by atoms with Gasteiger partial charge in [0.1, 0.15) is 0 Å². The number of aromatic nitrogens is 2. The third-order valence-corrected chi connectivity index (χ3v) is 6.45. The molecule has 2 aliphatic heterocycles. The van der Waals surface area contributed by atoms with E-state index in [9.17, 15) is 19.6 Å². The second-order valence-electron chi connectivity index (χ2n) is 5.51. The van der Waals surface area contributed by atoms with Crippen molar-refractivity contribution in [3.05, 3.63) is 33.1 Å². The Morgan fingerprint density at radius 1 is 1.24 bits per heavy atom. The zero-order valence-corrected chi connectivity index (χ0v) is 14.6. The predicted molar refractivity (Wildman–Crippen MR) is 84.5 cm³/mol. The molecule has 0 spiro atoms. The number of nitrogens with zero attached hydrogens (tertiary/aromatic N) is 1. The van der Waals surface area contributed by atoms with Crippen LogP contribution in [0.3, 0.4) is 0 Å². The number of rotatable bonds is 6. The number of H-pyrrole nitrogens is 1. The minimum atomic E-state index is -4.86. The van der Waals surface area contributed by atoms with Gasteiger partial charge < -0.3 is 0 Å². The van der Waals surface area contributed by atoms with Gasteiger partial charge in [0.15, 0.2) is 0 Å². The van der Waals surface area contributed by atoms with Gasteiger partial charge >= 0.3 is 141 Å². The second kappa shape index (κ2) is 6.53. The Labute approximate surface area is 142 Å². The Bertz CT molecular complexity index is 744. The molecule has 0 saturated carbocycles. The summed E-state index contributed by atoms with van der Waals surface area (Å²) in [7, 11) is -4.86. The molecule has 0 bridgehead atoms. The molecule has 0 unspecified atom stereocenters. The van der Waals surface area contributed by atoms with Gasteiger partial charge in [0.25, 0.3) is 0 Å². The molecule has 11 nitrogen and oxygen atoms in total. The first kappa shape index (κ1) is 18.6. The summed E-state index contributed by atoms with van der Waals surface area (Å²) in [6.07, 6.45) is -2.61. The molecule has 142 valence electrons. The van der Waals surface area contributed by atoms with Crippen molar-refractivity contribution < 1.29 is 32.8 Å². The fourth-order valence-electron chi connectivity index (χ4n) is 2.97. The van der Waals surface area contributed by atoms with Gasteiger partial charge in [0, 0.05) is 0 Å². The third-order valence-electron chi connectivity index (χ3n) is 3.88. The van der Waals surface area contributed by atoms with Crippen LogP contribution in [-0.2, 0) is 22.8 Å². The van der Waals surface area contributed by atoms with Crippen molar-refractivity contribution in [2.45, 2.75) is 38.4 Å². The molecule has 1 aromatic heterocycles. The molecule has 0 aliphatic carbocycles. The van der Waals surface area contributed by atoms with E-state index < -0.39 is 50.1 Å². The summed E-state index contributed by atoms with van der Waals surface area (Å²) in [5, 5.41) is 9.55. The molecule has 3 N–H and O–H groups in total. The molecule has 2 fully saturated rings. The number of aromatic amines is 1. The summed E-state index contributed by atoms with van der Waals surface area (Å²) in [4.78, 5) is 36.3. The maximum absolute atomic E-state index is 12.1. The maximum atomic E-state index is 12.1. The molecular formula is C13H21N2O9P. The molecule has 3 rings (SSSR count). The summed E-state index contributed by atoms with van der Waals surface area (Å²) in [5.74, 6) is 0. The Morgan fingerprint density at radius 3 is 2.44 bits per heavy atom. The van der Waals surface area contributed by atoms with E-state index in [1.165, 1.54) is 6.20 Å². The Hall–Kier alpha value is -1.17. The van der Waals surface area contributed by atoms with Crippen LogP contribution in [0, 0.1) is 0 Å². The number of hydrogen-bond donors (Lipinski definition) is 3. The summed E-state index contributed by atoms with van der Waals surface area (Å²) >= 11 is 0. The zero-order chi connectivity index (χ0) is 18.3. The van der Waals surface area contributed by atoms with Gasteiger partial charge in [-0.25, -0.2) is 0 Å². The minimum absolute atomic E-state index is 0.0572. The first-order chi connectivity index (χ1) is 11.8. The van der Waals surface area contributed by atoms with Crippen molar-refractivity contribution in [1.82, 2.24) is 9.55 Å². The molecule has 12 heteroatoms. The molecule has 1 aromatic rings. The Kier molecular flexibility index (Phi) is 4.86. The number of hydrogen-bond acceptors (Lipinski definition) is 9. The number of nitrogens with one attached hydrogen (secondary N) is 1. The summed E-state index contributed by atoms with van der Waals surface area (Å²) in [5.41, 5.74) is -1.29. The SMILES string of the molecule is CCOP1(O)(OCC)O[C@@H]2[C@H](O1)[C@@H](CO)O[C@H]2n1ccc(=O)[nH]c1=O. The third kappa shape index (κ3) is 3.18. The van der Waals surface area contributed by atoms with E-state index in [1.54, 1.807) is 13.8 Å². The van der Waals surface area contributed by atoms with Crippen LogP contribution in [0.1, 0.15) is 20.1 Å². The average Bonchev–Trinajstić information content (AvgIpc) is 3.00. The van der Waals surface area contributed by atoms with Gasteiger partial charge in [-0.3, -0.25) is 0 Å². The fraction of sp³-hybridized carbons (Fsp3) is 0.692. The van der Waals surface area contributed by atoms with E-state index in [-0.39, 0.29) is 13.2 Å². The van der Waals surface area contributed by atoms with Crippen LogP contribution in [0.15, 0.2) is 21.9 Å². The van der Waals surface area contributed by atoms with Crippen LogP contribution in [-0.4, -0.2) is 57.7 Å². The van der Waals surface area contributed by atoms with Crippen LogP contribution < -0.4 is 11.2 Å². The van der Waals surface area contributed by atoms with E-state index >= 15 is 0 Å². The zero-order valence-electron chi connectivity index (χ0n) is 13.7. The summed E-state index contributed by atoms with van der Waals surface area (Å²) in [6.45, 7) is 2.94. The second-order valence-corrected chi connectivity index (χ2v) is 8.00. The van der Waals surface area contributed by atoms with Crippen LogP contribution in [0.4, 0.5) is 0 Å². The van der Waals surface area contributed by atoms with Gasteiger partial charge in [-0.15, -0.1) is 0 Å². The molecule has 0 aromatic carbocycles. The van der Waals surface area contributed by atoms with E-state index in [1.807, 2.05) is 0 Å². The van der Waals surface area contributed by atoms with Crippen LogP contribution in [0.2, 0.25) is 0 Å². The molecule has 0 amide bonds. The number of ether oxygens (including phenoxy) is 1. The van der Waals surface area contributed by atoms with E-state index in [2.05, 4.69) is 4.98 Å². The quantitative estimate of drug-likeness (QED) is 0.552. The first-order valence-corrected chi connectivity index (χ1v) is 9.72. The van der Waals surface area contributed by atoms with Crippen molar-refractivity contribution in [1.29, 1.82) is 0 Å². The Balaban J connectivity index is 1.99. The van der Waals surface area contributed by atoms with Crippen molar-refractivity contribution in [3.63, 3.8) is 0 Å². The van der Waals surface area contributed by atoms with Crippen molar-refractivity contribution in [2.75, 3.05) is 19.8 Å². The molecule has 2 aliphatic rings. The van der Waals surface area contributed by atoms with E-state index in [4.69, 9.17) is 22.8 Å². The molecule has 4 atom stereocenters. The van der Waals surface area contributed by atoms with Crippen molar-refractivity contribution >= 4 is 7.74 Å².